The van der Waals surface area contributed by atoms with Gasteiger partial charge < -0.3 is 4.74 Å². The van der Waals surface area contributed by atoms with Gasteiger partial charge in [-0.15, -0.1) is 0 Å². The Kier molecular flexibility index (Phi) is 1.98. The number of fused-ring (bicyclic) bond motifs is 5. The molecular formula is C12H12Br2O. The lowest BCUT2D eigenvalue weighted by Crippen LogP contribution is -2.17. The second-order valence-electron chi connectivity index (χ2n) is 4.88. The van der Waals surface area contributed by atoms with Crippen LogP contribution in [0.5, 0.6) is 0 Å². The van der Waals surface area contributed by atoms with Crippen molar-refractivity contribution in [3.05, 3.63) is 32.2 Å². The lowest BCUT2D eigenvalue weighted by Gasteiger charge is -2.23. The van der Waals surface area contributed by atoms with Gasteiger partial charge in [-0.1, -0.05) is 0 Å². The molecule has 1 saturated heterocycles. The topological polar surface area (TPSA) is 9.23 Å². The van der Waals surface area contributed by atoms with Gasteiger partial charge in [-0.25, -0.2) is 0 Å². The number of halogens is 2. The van der Waals surface area contributed by atoms with Crippen LogP contribution in [-0.4, -0.2) is 0 Å². The summed E-state index contributed by atoms with van der Waals surface area (Å²) in [6.07, 6.45) is 2.26. The Morgan fingerprint density at radius 2 is 1.40 bits per heavy atom. The molecular weight excluding hydrogens is 320 g/mol. The SMILES string of the molecule is CC12CCC(C)(O1)c1cc(Br)c(Br)cc12. The summed E-state index contributed by atoms with van der Waals surface area (Å²) in [7, 11) is 0. The van der Waals surface area contributed by atoms with Gasteiger partial charge in [0.25, 0.3) is 0 Å². The zero-order chi connectivity index (χ0) is 10.8. The highest BCUT2D eigenvalue weighted by Gasteiger charge is 2.54. The van der Waals surface area contributed by atoms with E-state index in [0.29, 0.717) is 0 Å². The lowest BCUT2D eigenvalue weighted by atomic mass is 9.78. The third-order valence-electron chi connectivity index (χ3n) is 3.73. The molecule has 2 aliphatic rings. The number of hydrogen-bond acceptors (Lipinski definition) is 1. The van der Waals surface area contributed by atoms with Crippen molar-refractivity contribution in [3.63, 3.8) is 0 Å². The van der Waals surface area contributed by atoms with Crippen molar-refractivity contribution in [2.24, 2.45) is 0 Å². The van der Waals surface area contributed by atoms with Crippen molar-refractivity contribution < 1.29 is 4.74 Å². The Hall–Kier alpha value is 0.140. The molecule has 0 amide bonds. The van der Waals surface area contributed by atoms with Crippen LogP contribution in [0.4, 0.5) is 0 Å². The number of ether oxygens (including phenoxy) is 1. The molecule has 1 aromatic carbocycles. The summed E-state index contributed by atoms with van der Waals surface area (Å²) in [4.78, 5) is 0. The Labute approximate surface area is 106 Å². The smallest absolute Gasteiger partial charge is 0.0920 e. The Morgan fingerprint density at radius 1 is 1.00 bits per heavy atom. The standard InChI is InChI=1S/C12H12Br2O/c1-11-3-4-12(2,15-11)8-6-10(14)9(13)5-7(8)11/h5-6H,3-4H2,1-2H3. The van der Waals surface area contributed by atoms with Crippen LogP contribution in [0.1, 0.15) is 37.8 Å². The largest absolute Gasteiger partial charge is 0.360 e. The summed E-state index contributed by atoms with van der Waals surface area (Å²) < 4.78 is 8.41. The number of benzene rings is 1. The van der Waals surface area contributed by atoms with Crippen LogP contribution < -0.4 is 0 Å². The van der Waals surface area contributed by atoms with Crippen molar-refractivity contribution in [2.45, 2.75) is 37.9 Å². The van der Waals surface area contributed by atoms with Gasteiger partial charge in [0.1, 0.15) is 0 Å². The van der Waals surface area contributed by atoms with Crippen molar-refractivity contribution in [1.82, 2.24) is 0 Å². The molecule has 2 aliphatic heterocycles. The molecule has 0 radical (unpaired) electrons. The maximum absolute atomic E-state index is 6.19. The molecule has 0 aliphatic carbocycles. The molecule has 2 heterocycles. The predicted molar refractivity (Wildman–Crippen MR) is 66.9 cm³/mol. The molecule has 0 aromatic heterocycles. The van der Waals surface area contributed by atoms with Crippen LogP contribution >= 0.6 is 31.9 Å². The van der Waals surface area contributed by atoms with Gasteiger partial charge in [-0.05, 0) is 81.8 Å². The van der Waals surface area contributed by atoms with Crippen LogP contribution in [0.25, 0.3) is 0 Å². The highest BCUT2D eigenvalue weighted by atomic mass is 79.9. The second kappa shape index (κ2) is 2.88. The third-order valence-corrected chi connectivity index (χ3v) is 5.57. The lowest BCUT2D eigenvalue weighted by molar-refractivity contribution is -0.0662. The summed E-state index contributed by atoms with van der Waals surface area (Å²) in [5.74, 6) is 0. The van der Waals surface area contributed by atoms with Crippen LogP contribution in [0.2, 0.25) is 0 Å². The van der Waals surface area contributed by atoms with Gasteiger partial charge in [0, 0.05) is 8.95 Å². The van der Waals surface area contributed by atoms with E-state index >= 15 is 0 Å². The summed E-state index contributed by atoms with van der Waals surface area (Å²) in [6.45, 7) is 4.40. The average Bonchev–Trinajstić information content (AvgIpc) is 2.57. The van der Waals surface area contributed by atoms with E-state index in [4.69, 9.17) is 4.74 Å². The monoisotopic (exact) mass is 330 g/mol. The molecule has 1 aromatic rings. The highest BCUT2D eigenvalue weighted by molar-refractivity contribution is 9.13. The molecule has 2 unspecified atom stereocenters. The Morgan fingerprint density at radius 3 is 1.80 bits per heavy atom. The molecule has 2 bridgehead atoms. The highest BCUT2D eigenvalue weighted by Crippen LogP contribution is 2.58. The number of hydrogen-bond donors (Lipinski definition) is 0. The van der Waals surface area contributed by atoms with E-state index in [1.165, 1.54) is 11.1 Å². The van der Waals surface area contributed by atoms with Gasteiger partial charge in [-0.2, -0.15) is 0 Å². The van der Waals surface area contributed by atoms with E-state index in [2.05, 4.69) is 57.8 Å². The minimum Gasteiger partial charge on any atom is -0.360 e. The van der Waals surface area contributed by atoms with Crippen LogP contribution in [0.15, 0.2) is 21.1 Å². The molecule has 3 heteroatoms. The Bertz CT molecular complexity index is 416. The minimum absolute atomic E-state index is 0.0622. The van der Waals surface area contributed by atoms with Crippen LogP contribution in [-0.2, 0) is 15.9 Å². The summed E-state index contributed by atoms with van der Waals surface area (Å²) in [6, 6.07) is 4.40. The molecule has 0 N–H and O–H groups in total. The van der Waals surface area contributed by atoms with Gasteiger partial charge in [0.15, 0.2) is 0 Å². The van der Waals surface area contributed by atoms with Gasteiger partial charge in [-0.3, -0.25) is 0 Å². The minimum atomic E-state index is -0.0622. The van der Waals surface area contributed by atoms with Crippen molar-refractivity contribution in [1.29, 1.82) is 0 Å². The second-order valence-corrected chi connectivity index (χ2v) is 6.58. The zero-order valence-corrected chi connectivity index (χ0v) is 11.9. The van der Waals surface area contributed by atoms with Crippen LogP contribution in [0.3, 0.4) is 0 Å². The molecule has 0 saturated carbocycles. The first-order valence-corrected chi connectivity index (χ1v) is 6.73. The van der Waals surface area contributed by atoms with E-state index < -0.39 is 0 Å². The fourth-order valence-electron chi connectivity index (χ4n) is 2.88. The van der Waals surface area contributed by atoms with E-state index in [1.807, 2.05) is 0 Å². The quantitative estimate of drug-likeness (QED) is 0.681. The van der Waals surface area contributed by atoms with E-state index in [9.17, 15) is 0 Å². The van der Waals surface area contributed by atoms with Crippen molar-refractivity contribution in [2.75, 3.05) is 0 Å². The van der Waals surface area contributed by atoms with E-state index in [0.717, 1.165) is 21.8 Å². The first-order chi connectivity index (χ1) is 6.95. The molecule has 2 atom stereocenters. The van der Waals surface area contributed by atoms with Gasteiger partial charge in [0.2, 0.25) is 0 Å². The molecule has 1 fully saturated rings. The van der Waals surface area contributed by atoms with Gasteiger partial charge in [0.05, 0.1) is 11.2 Å². The predicted octanol–water partition coefficient (Wildman–Crippen LogP) is 4.47. The number of rotatable bonds is 0. The summed E-state index contributed by atoms with van der Waals surface area (Å²) >= 11 is 7.12. The zero-order valence-electron chi connectivity index (χ0n) is 8.73. The average molecular weight is 332 g/mol. The summed E-state index contributed by atoms with van der Waals surface area (Å²) in [5.41, 5.74) is 2.58. The first kappa shape index (κ1) is 10.3. The van der Waals surface area contributed by atoms with Crippen molar-refractivity contribution in [3.8, 4) is 0 Å². The summed E-state index contributed by atoms with van der Waals surface area (Å²) in [5, 5.41) is 0. The molecule has 3 rings (SSSR count). The molecule has 15 heavy (non-hydrogen) atoms. The fraction of sp³-hybridized carbons (Fsp3) is 0.500. The molecule has 0 spiro atoms. The molecule has 1 nitrogen and oxygen atoms in total. The molecule has 80 valence electrons. The first-order valence-electron chi connectivity index (χ1n) is 5.15. The van der Waals surface area contributed by atoms with Crippen molar-refractivity contribution >= 4 is 31.9 Å². The normalized spacial score (nSPS) is 37.1. The fourth-order valence-corrected chi connectivity index (χ4v) is 3.56. The van der Waals surface area contributed by atoms with Gasteiger partial charge >= 0.3 is 0 Å². The van der Waals surface area contributed by atoms with E-state index in [-0.39, 0.29) is 11.2 Å². The maximum Gasteiger partial charge on any atom is 0.0920 e. The van der Waals surface area contributed by atoms with Crippen LogP contribution in [0, 0.1) is 0 Å². The third kappa shape index (κ3) is 1.23. The maximum atomic E-state index is 6.19. The Balaban J connectivity index is 2.30. The van der Waals surface area contributed by atoms with E-state index in [1.54, 1.807) is 0 Å².